The number of ether oxygens (including phenoxy) is 1. The van der Waals surface area contributed by atoms with Gasteiger partial charge in [0.05, 0.1) is 12.6 Å². The average Bonchev–Trinajstić information content (AvgIpc) is 2.54. The fourth-order valence-corrected chi connectivity index (χ4v) is 1.91. The zero-order chi connectivity index (χ0) is 15.8. The van der Waals surface area contributed by atoms with Crippen molar-refractivity contribution in [3.8, 4) is 5.75 Å². The molecule has 0 bridgehead atoms. The molecule has 0 aliphatic carbocycles. The number of hydrogen-bond donors (Lipinski definition) is 2. The van der Waals surface area contributed by atoms with Crippen molar-refractivity contribution in [1.29, 1.82) is 0 Å². The minimum atomic E-state index is -0.0930. The fourth-order valence-electron chi connectivity index (χ4n) is 1.91. The summed E-state index contributed by atoms with van der Waals surface area (Å²) in [6, 6.07) is 17.1. The Hall–Kier alpha value is -2.49. The number of rotatable bonds is 7. The van der Waals surface area contributed by atoms with Crippen LogP contribution in [0.1, 0.15) is 20.3 Å². The van der Waals surface area contributed by atoms with Gasteiger partial charge in [-0.2, -0.15) is 0 Å². The molecule has 0 fully saturated rings. The normalized spacial score (nSPS) is 11.5. The van der Waals surface area contributed by atoms with Gasteiger partial charge < -0.3 is 15.4 Å². The fraction of sp³-hybridized carbons (Fsp3) is 0.278. The van der Waals surface area contributed by atoms with E-state index in [1.165, 1.54) is 0 Å². The standard InChI is InChI=1S/C18H22N2O2/c1-3-14(2)22-17-11-7-10-16(12-17)20-18(21)13-19-15-8-5-4-6-9-15/h4-12,14,19H,3,13H2,1-2H3,(H,20,21). The largest absolute Gasteiger partial charge is 0.491 e. The van der Waals surface area contributed by atoms with Crippen molar-refractivity contribution >= 4 is 17.3 Å². The molecule has 2 aromatic carbocycles. The molecule has 0 saturated heterocycles. The molecule has 1 unspecified atom stereocenters. The first-order chi connectivity index (χ1) is 10.7. The molecule has 0 aliphatic heterocycles. The van der Waals surface area contributed by atoms with Gasteiger partial charge in [-0.3, -0.25) is 4.79 Å². The Kier molecular flexibility index (Phi) is 5.83. The van der Waals surface area contributed by atoms with Gasteiger partial charge >= 0.3 is 0 Å². The molecule has 2 rings (SSSR count). The third-order valence-corrected chi connectivity index (χ3v) is 3.26. The highest BCUT2D eigenvalue weighted by atomic mass is 16.5. The first kappa shape index (κ1) is 15.9. The molecule has 0 spiro atoms. The van der Waals surface area contributed by atoms with E-state index in [2.05, 4.69) is 17.6 Å². The summed E-state index contributed by atoms with van der Waals surface area (Å²) < 4.78 is 5.75. The van der Waals surface area contributed by atoms with E-state index in [4.69, 9.17) is 4.74 Å². The summed E-state index contributed by atoms with van der Waals surface area (Å²) in [5.74, 6) is 0.674. The summed E-state index contributed by atoms with van der Waals surface area (Å²) in [5.41, 5.74) is 1.66. The summed E-state index contributed by atoms with van der Waals surface area (Å²) in [4.78, 5) is 12.0. The molecule has 0 aliphatic rings. The molecule has 0 heterocycles. The number of carbonyl (C=O) groups is 1. The van der Waals surface area contributed by atoms with Crippen LogP contribution in [-0.4, -0.2) is 18.6 Å². The van der Waals surface area contributed by atoms with E-state index < -0.39 is 0 Å². The van der Waals surface area contributed by atoms with Crippen molar-refractivity contribution in [3.05, 3.63) is 54.6 Å². The molecule has 0 radical (unpaired) electrons. The van der Waals surface area contributed by atoms with Crippen LogP contribution in [-0.2, 0) is 4.79 Å². The minimum absolute atomic E-state index is 0.0930. The summed E-state index contributed by atoms with van der Waals surface area (Å²) in [5, 5.41) is 5.94. The highest BCUT2D eigenvalue weighted by molar-refractivity contribution is 5.93. The summed E-state index contributed by atoms with van der Waals surface area (Å²) in [6.45, 7) is 4.32. The molecule has 2 N–H and O–H groups in total. The number of amides is 1. The third kappa shape index (κ3) is 5.13. The number of hydrogen-bond acceptors (Lipinski definition) is 3. The van der Waals surface area contributed by atoms with Gasteiger partial charge in [0, 0.05) is 17.4 Å². The van der Waals surface area contributed by atoms with Crippen LogP contribution in [0, 0.1) is 0 Å². The number of nitrogens with one attached hydrogen (secondary N) is 2. The Morgan fingerprint density at radius 3 is 2.55 bits per heavy atom. The van der Waals surface area contributed by atoms with Gasteiger partial charge in [-0.05, 0) is 37.6 Å². The van der Waals surface area contributed by atoms with Crippen LogP contribution in [0.25, 0.3) is 0 Å². The van der Waals surface area contributed by atoms with Crippen LogP contribution in [0.2, 0.25) is 0 Å². The number of para-hydroxylation sites is 1. The second-order valence-corrected chi connectivity index (χ2v) is 5.13. The molecule has 0 saturated carbocycles. The molecule has 1 atom stereocenters. The lowest BCUT2D eigenvalue weighted by atomic mass is 10.2. The molecule has 4 heteroatoms. The molecular formula is C18H22N2O2. The number of benzene rings is 2. The second kappa shape index (κ2) is 8.08. The van der Waals surface area contributed by atoms with Crippen LogP contribution in [0.15, 0.2) is 54.6 Å². The Morgan fingerprint density at radius 2 is 1.82 bits per heavy atom. The quantitative estimate of drug-likeness (QED) is 0.814. The lowest BCUT2D eigenvalue weighted by molar-refractivity contribution is -0.114. The molecule has 0 aromatic heterocycles. The lowest BCUT2D eigenvalue weighted by Gasteiger charge is -2.14. The van der Waals surface area contributed by atoms with Crippen LogP contribution in [0.4, 0.5) is 11.4 Å². The van der Waals surface area contributed by atoms with Crippen LogP contribution >= 0.6 is 0 Å². The zero-order valence-electron chi connectivity index (χ0n) is 13.0. The van der Waals surface area contributed by atoms with Crippen molar-refractivity contribution in [2.24, 2.45) is 0 Å². The topological polar surface area (TPSA) is 50.4 Å². The maximum Gasteiger partial charge on any atom is 0.243 e. The van der Waals surface area contributed by atoms with Gasteiger partial charge in [0.15, 0.2) is 0 Å². The van der Waals surface area contributed by atoms with Crippen molar-refractivity contribution in [3.63, 3.8) is 0 Å². The highest BCUT2D eigenvalue weighted by Crippen LogP contribution is 2.19. The van der Waals surface area contributed by atoms with E-state index in [1.54, 1.807) is 0 Å². The predicted molar refractivity (Wildman–Crippen MR) is 90.4 cm³/mol. The van der Waals surface area contributed by atoms with Gasteiger partial charge in [0.25, 0.3) is 0 Å². The Labute approximate surface area is 131 Å². The van der Waals surface area contributed by atoms with E-state index in [0.717, 1.165) is 23.5 Å². The predicted octanol–water partition coefficient (Wildman–Crippen LogP) is 3.91. The zero-order valence-corrected chi connectivity index (χ0v) is 13.0. The average molecular weight is 298 g/mol. The Morgan fingerprint density at radius 1 is 1.09 bits per heavy atom. The van der Waals surface area contributed by atoms with E-state index in [9.17, 15) is 4.79 Å². The van der Waals surface area contributed by atoms with Crippen molar-refractivity contribution in [1.82, 2.24) is 0 Å². The molecular weight excluding hydrogens is 276 g/mol. The minimum Gasteiger partial charge on any atom is -0.491 e. The third-order valence-electron chi connectivity index (χ3n) is 3.26. The number of carbonyl (C=O) groups excluding carboxylic acids is 1. The number of anilines is 2. The first-order valence-corrected chi connectivity index (χ1v) is 7.53. The molecule has 22 heavy (non-hydrogen) atoms. The van der Waals surface area contributed by atoms with Crippen molar-refractivity contribution in [2.45, 2.75) is 26.4 Å². The van der Waals surface area contributed by atoms with Crippen LogP contribution < -0.4 is 15.4 Å². The monoisotopic (exact) mass is 298 g/mol. The lowest BCUT2D eigenvalue weighted by Crippen LogP contribution is -2.21. The summed E-state index contributed by atoms with van der Waals surface area (Å²) in [7, 11) is 0. The van der Waals surface area contributed by atoms with Gasteiger partial charge in [0.1, 0.15) is 5.75 Å². The van der Waals surface area contributed by atoms with Crippen molar-refractivity contribution < 1.29 is 9.53 Å². The van der Waals surface area contributed by atoms with Gasteiger partial charge in [0.2, 0.25) is 5.91 Å². The first-order valence-electron chi connectivity index (χ1n) is 7.53. The summed E-state index contributed by atoms with van der Waals surface area (Å²) in [6.07, 6.45) is 1.10. The van der Waals surface area contributed by atoms with E-state index >= 15 is 0 Å². The Bertz CT molecular complexity index is 599. The smallest absolute Gasteiger partial charge is 0.243 e. The van der Waals surface area contributed by atoms with E-state index in [1.807, 2.05) is 61.5 Å². The Balaban J connectivity index is 1.87. The molecule has 2 aromatic rings. The van der Waals surface area contributed by atoms with E-state index in [0.29, 0.717) is 0 Å². The maximum absolute atomic E-state index is 12.0. The summed E-state index contributed by atoms with van der Waals surface area (Å²) >= 11 is 0. The molecule has 1 amide bonds. The molecule has 4 nitrogen and oxygen atoms in total. The van der Waals surface area contributed by atoms with E-state index in [-0.39, 0.29) is 18.6 Å². The second-order valence-electron chi connectivity index (χ2n) is 5.13. The molecule has 116 valence electrons. The SMILES string of the molecule is CCC(C)Oc1cccc(NC(=O)CNc2ccccc2)c1. The van der Waals surface area contributed by atoms with Gasteiger partial charge in [-0.1, -0.05) is 31.2 Å². The highest BCUT2D eigenvalue weighted by Gasteiger charge is 2.05. The van der Waals surface area contributed by atoms with Gasteiger partial charge in [-0.15, -0.1) is 0 Å². The van der Waals surface area contributed by atoms with Crippen LogP contribution in [0.3, 0.4) is 0 Å². The van der Waals surface area contributed by atoms with Crippen molar-refractivity contribution in [2.75, 3.05) is 17.2 Å². The maximum atomic E-state index is 12.0. The van der Waals surface area contributed by atoms with Crippen LogP contribution in [0.5, 0.6) is 5.75 Å². The van der Waals surface area contributed by atoms with Gasteiger partial charge in [-0.25, -0.2) is 0 Å².